The molecule has 2 aliphatic rings. The molecule has 0 saturated carbocycles. The monoisotopic (exact) mass is 403 g/mol. The summed E-state index contributed by atoms with van der Waals surface area (Å²) in [5, 5.41) is 0. The molecule has 30 heavy (non-hydrogen) atoms. The first-order chi connectivity index (χ1) is 14.4. The van der Waals surface area contributed by atoms with E-state index < -0.39 is 0 Å². The van der Waals surface area contributed by atoms with E-state index in [1.165, 1.54) is 16.9 Å². The molecule has 0 unspecified atom stereocenters. The minimum Gasteiger partial charge on any atom is -0.378 e. The summed E-state index contributed by atoms with van der Waals surface area (Å²) >= 11 is 0. The second kappa shape index (κ2) is 7.98. The van der Waals surface area contributed by atoms with Crippen molar-refractivity contribution in [2.45, 2.75) is 33.1 Å². The standard InChI is InChI=1S/C25H29N3O2/c1-17-8-9-19(16-18(17)2)22-23(27-14-6-5-7-15-27)25(30)28(24(22)29)21-12-10-20(11-13-21)26(3)4/h8-13,16H,5-7,14-15H2,1-4H3. The van der Waals surface area contributed by atoms with Crippen molar-refractivity contribution in [3.63, 3.8) is 0 Å². The molecule has 1 fully saturated rings. The molecule has 0 aromatic heterocycles. The zero-order chi connectivity index (χ0) is 21.4. The van der Waals surface area contributed by atoms with Gasteiger partial charge in [-0.25, -0.2) is 4.90 Å². The van der Waals surface area contributed by atoms with Gasteiger partial charge in [0.1, 0.15) is 5.70 Å². The van der Waals surface area contributed by atoms with Crippen molar-refractivity contribution in [1.82, 2.24) is 4.90 Å². The van der Waals surface area contributed by atoms with Crippen molar-refractivity contribution >= 4 is 28.8 Å². The van der Waals surface area contributed by atoms with Crippen molar-refractivity contribution in [3.05, 3.63) is 64.9 Å². The lowest BCUT2D eigenvalue weighted by atomic mass is 9.98. The third-order valence-corrected chi connectivity index (χ3v) is 6.15. The van der Waals surface area contributed by atoms with E-state index in [0.717, 1.165) is 42.7 Å². The van der Waals surface area contributed by atoms with Crippen LogP contribution in [0, 0.1) is 13.8 Å². The molecule has 2 aromatic carbocycles. The number of amides is 2. The van der Waals surface area contributed by atoms with Crippen LogP contribution in [-0.4, -0.2) is 43.9 Å². The van der Waals surface area contributed by atoms with Gasteiger partial charge < -0.3 is 9.80 Å². The van der Waals surface area contributed by atoms with Crippen LogP contribution in [0.3, 0.4) is 0 Å². The Morgan fingerprint density at radius 1 is 0.800 bits per heavy atom. The van der Waals surface area contributed by atoms with Gasteiger partial charge in [-0.05, 0) is 74.1 Å². The summed E-state index contributed by atoms with van der Waals surface area (Å²) in [5.41, 5.74) is 5.84. The summed E-state index contributed by atoms with van der Waals surface area (Å²) in [7, 11) is 3.93. The first-order valence-corrected chi connectivity index (χ1v) is 10.6. The average molecular weight is 404 g/mol. The molecule has 0 N–H and O–H groups in total. The molecule has 2 amide bonds. The highest BCUT2D eigenvalue weighted by Crippen LogP contribution is 2.36. The van der Waals surface area contributed by atoms with Crippen molar-refractivity contribution < 1.29 is 9.59 Å². The van der Waals surface area contributed by atoms with Crippen LogP contribution in [0.1, 0.15) is 36.0 Å². The number of piperidine rings is 1. The fraction of sp³-hybridized carbons (Fsp3) is 0.360. The van der Waals surface area contributed by atoms with Crippen LogP contribution >= 0.6 is 0 Å². The summed E-state index contributed by atoms with van der Waals surface area (Å²) in [6, 6.07) is 13.6. The minimum atomic E-state index is -0.235. The van der Waals surface area contributed by atoms with E-state index in [1.54, 1.807) is 0 Å². The summed E-state index contributed by atoms with van der Waals surface area (Å²) in [5.74, 6) is -0.450. The Labute approximate surface area is 178 Å². The van der Waals surface area contributed by atoms with Gasteiger partial charge in [0.2, 0.25) is 0 Å². The number of hydrogen-bond acceptors (Lipinski definition) is 4. The largest absolute Gasteiger partial charge is 0.378 e. The first-order valence-electron chi connectivity index (χ1n) is 10.6. The van der Waals surface area contributed by atoms with Crippen LogP contribution in [0.2, 0.25) is 0 Å². The highest BCUT2D eigenvalue weighted by molar-refractivity contribution is 6.45. The molecular formula is C25H29N3O2. The van der Waals surface area contributed by atoms with Crippen molar-refractivity contribution in [2.75, 3.05) is 37.0 Å². The maximum Gasteiger partial charge on any atom is 0.282 e. The number of carbonyl (C=O) groups is 2. The summed E-state index contributed by atoms with van der Waals surface area (Å²) < 4.78 is 0. The summed E-state index contributed by atoms with van der Waals surface area (Å²) in [6.45, 7) is 5.73. The van der Waals surface area contributed by atoms with Crippen LogP contribution < -0.4 is 9.80 Å². The van der Waals surface area contributed by atoms with Gasteiger partial charge in [0.05, 0.1) is 11.3 Å². The van der Waals surface area contributed by atoms with E-state index in [0.29, 0.717) is 17.0 Å². The van der Waals surface area contributed by atoms with Gasteiger partial charge in [-0.15, -0.1) is 0 Å². The SMILES string of the molecule is Cc1ccc(C2=C(N3CCCCC3)C(=O)N(c3ccc(N(C)C)cc3)C2=O)cc1C. The van der Waals surface area contributed by atoms with Gasteiger partial charge in [0.25, 0.3) is 11.8 Å². The second-order valence-electron chi connectivity index (χ2n) is 8.43. The maximum atomic E-state index is 13.6. The molecule has 0 radical (unpaired) electrons. The number of aryl methyl sites for hydroxylation is 2. The fourth-order valence-corrected chi connectivity index (χ4v) is 4.22. The molecule has 156 valence electrons. The molecule has 2 aliphatic heterocycles. The molecule has 5 nitrogen and oxygen atoms in total. The molecule has 4 rings (SSSR count). The summed E-state index contributed by atoms with van der Waals surface area (Å²) in [6.07, 6.45) is 3.26. The third kappa shape index (κ3) is 3.49. The van der Waals surface area contributed by atoms with Crippen molar-refractivity contribution in [1.29, 1.82) is 0 Å². The smallest absolute Gasteiger partial charge is 0.282 e. The number of carbonyl (C=O) groups excluding carboxylic acids is 2. The zero-order valence-corrected chi connectivity index (χ0v) is 18.2. The van der Waals surface area contributed by atoms with Gasteiger partial charge in [0.15, 0.2) is 0 Å². The average Bonchev–Trinajstić information content (AvgIpc) is 3.01. The highest BCUT2D eigenvalue weighted by Gasteiger charge is 2.42. The Hall–Kier alpha value is -3.08. The van der Waals surface area contributed by atoms with Crippen LogP contribution in [0.5, 0.6) is 0 Å². The van der Waals surface area contributed by atoms with Gasteiger partial charge in [-0.1, -0.05) is 18.2 Å². The van der Waals surface area contributed by atoms with E-state index in [1.807, 2.05) is 68.4 Å². The molecule has 0 spiro atoms. The van der Waals surface area contributed by atoms with E-state index in [4.69, 9.17) is 0 Å². The highest BCUT2D eigenvalue weighted by atomic mass is 16.2. The van der Waals surface area contributed by atoms with E-state index >= 15 is 0 Å². The van der Waals surface area contributed by atoms with Gasteiger partial charge in [-0.2, -0.15) is 0 Å². The Balaban J connectivity index is 1.80. The topological polar surface area (TPSA) is 43.9 Å². The predicted molar refractivity (Wildman–Crippen MR) is 122 cm³/mol. The molecule has 0 atom stereocenters. The number of imide groups is 1. The van der Waals surface area contributed by atoms with E-state index in [2.05, 4.69) is 11.8 Å². The van der Waals surface area contributed by atoms with Crippen LogP contribution in [0.15, 0.2) is 48.2 Å². The summed E-state index contributed by atoms with van der Waals surface area (Å²) in [4.78, 5) is 32.6. The van der Waals surface area contributed by atoms with Gasteiger partial charge in [0, 0.05) is 32.9 Å². The number of anilines is 2. The lowest BCUT2D eigenvalue weighted by molar-refractivity contribution is -0.120. The lowest BCUT2D eigenvalue weighted by Gasteiger charge is -2.29. The molecule has 2 heterocycles. The van der Waals surface area contributed by atoms with Crippen molar-refractivity contribution in [3.8, 4) is 0 Å². The minimum absolute atomic E-state index is 0.215. The molecular weight excluding hydrogens is 374 g/mol. The van der Waals surface area contributed by atoms with Gasteiger partial charge >= 0.3 is 0 Å². The van der Waals surface area contributed by atoms with Gasteiger partial charge in [-0.3, -0.25) is 9.59 Å². The second-order valence-corrected chi connectivity index (χ2v) is 8.43. The zero-order valence-electron chi connectivity index (χ0n) is 18.2. The Bertz CT molecular complexity index is 1020. The lowest BCUT2D eigenvalue weighted by Crippen LogP contribution is -2.37. The van der Waals surface area contributed by atoms with Crippen LogP contribution in [-0.2, 0) is 9.59 Å². The number of nitrogens with zero attached hydrogens (tertiary/aromatic N) is 3. The Morgan fingerprint density at radius 2 is 1.47 bits per heavy atom. The molecule has 0 aliphatic carbocycles. The van der Waals surface area contributed by atoms with Crippen molar-refractivity contribution in [2.24, 2.45) is 0 Å². The van der Waals surface area contributed by atoms with E-state index in [9.17, 15) is 9.59 Å². The number of benzene rings is 2. The number of rotatable bonds is 4. The third-order valence-electron chi connectivity index (χ3n) is 6.15. The first kappa shape index (κ1) is 20.2. The number of likely N-dealkylation sites (tertiary alicyclic amines) is 1. The number of hydrogen-bond donors (Lipinski definition) is 0. The van der Waals surface area contributed by atoms with Crippen LogP contribution in [0.4, 0.5) is 11.4 Å². The molecule has 1 saturated heterocycles. The quantitative estimate of drug-likeness (QED) is 0.720. The fourth-order valence-electron chi connectivity index (χ4n) is 4.22. The maximum absolute atomic E-state index is 13.6. The van der Waals surface area contributed by atoms with E-state index in [-0.39, 0.29) is 11.8 Å². The molecule has 2 aromatic rings. The Morgan fingerprint density at radius 3 is 2.07 bits per heavy atom. The Kier molecular flexibility index (Phi) is 5.37. The van der Waals surface area contributed by atoms with Crippen LogP contribution in [0.25, 0.3) is 5.57 Å². The molecule has 5 heteroatoms. The predicted octanol–water partition coefficient (Wildman–Crippen LogP) is 4.14. The molecule has 0 bridgehead atoms. The normalized spacial score (nSPS) is 17.2.